The molecular weight excluding hydrogens is 746 g/mol. The van der Waals surface area contributed by atoms with E-state index in [2.05, 4.69) is 20.5 Å². The highest BCUT2D eigenvalue weighted by molar-refractivity contribution is 7.99. The summed E-state index contributed by atoms with van der Waals surface area (Å²) >= 11 is 1.30. The number of benzene rings is 3. The maximum absolute atomic E-state index is 13.7. The van der Waals surface area contributed by atoms with E-state index in [4.69, 9.17) is 9.84 Å². The van der Waals surface area contributed by atoms with E-state index in [0.29, 0.717) is 46.7 Å². The number of amides is 2. The van der Waals surface area contributed by atoms with Crippen molar-refractivity contribution in [2.24, 2.45) is 0 Å². The van der Waals surface area contributed by atoms with Gasteiger partial charge in [-0.25, -0.2) is 0 Å². The van der Waals surface area contributed by atoms with E-state index in [1.54, 1.807) is 37.3 Å². The first-order valence-corrected chi connectivity index (χ1v) is 19.3. The highest BCUT2D eigenvalue weighted by Crippen LogP contribution is 2.34. The van der Waals surface area contributed by atoms with Gasteiger partial charge in [0, 0.05) is 66.8 Å². The van der Waals surface area contributed by atoms with Gasteiger partial charge in [0.1, 0.15) is 4.93 Å². The van der Waals surface area contributed by atoms with Crippen molar-refractivity contribution in [1.29, 1.82) is 0 Å². The number of carboxylic acids is 1. The minimum absolute atomic E-state index is 0.00861. The first kappa shape index (κ1) is 43.8. The average Bonchev–Trinajstić information content (AvgIpc) is 3.16. The lowest BCUT2D eigenvalue weighted by Crippen LogP contribution is -2.29. The number of ether oxygens (including phenoxy) is 1. The molecule has 0 bridgehead atoms. The summed E-state index contributed by atoms with van der Waals surface area (Å²) in [6.45, 7) is 11.0. The summed E-state index contributed by atoms with van der Waals surface area (Å²) in [4.78, 5) is 43.4. The van der Waals surface area contributed by atoms with Crippen molar-refractivity contribution in [3.63, 3.8) is 0 Å². The minimum atomic E-state index is -4.50. The number of hydrogen-bond donors (Lipinski definition) is 4. The van der Waals surface area contributed by atoms with Gasteiger partial charge in [0.2, 0.25) is 0 Å². The number of thioether (sulfide) groups is 1. The van der Waals surface area contributed by atoms with E-state index in [9.17, 15) is 32.7 Å². The molecule has 0 spiro atoms. The molecule has 0 saturated heterocycles. The van der Waals surface area contributed by atoms with Gasteiger partial charge in [-0.1, -0.05) is 24.3 Å². The van der Waals surface area contributed by atoms with Crippen molar-refractivity contribution in [3.8, 4) is 11.3 Å². The number of nitrogens with one attached hydrogen (secondary N) is 2. The van der Waals surface area contributed by atoms with Crippen LogP contribution in [0.5, 0.6) is 0 Å². The molecular formula is C42H49F3N4O6S. The van der Waals surface area contributed by atoms with Crippen molar-refractivity contribution < 1.29 is 42.5 Å². The highest BCUT2D eigenvalue weighted by atomic mass is 32.2. The molecule has 0 fully saturated rings. The zero-order chi connectivity index (χ0) is 41.1. The fourth-order valence-electron chi connectivity index (χ4n) is 5.80. The second kappa shape index (κ2) is 19.3. The summed E-state index contributed by atoms with van der Waals surface area (Å²) < 4.78 is 45.5. The maximum atomic E-state index is 13.7. The number of rotatable bonds is 19. The van der Waals surface area contributed by atoms with Gasteiger partial charge in [0.25, 0.3) is 11.8 Å². The molecule has 4 aromatic rings. The molecule has 1 unspecified atom stereocenters. The number of aromatic nitrogens is 1. The number of carbonyl (C=O) groups excluding carboxylic acids is 2. The summed E-state index contributed by atoms with van der Waals surface area (Å²) in [5.74, 6) is -1.37. The van der Waals surface area contributed by atoms with Gasteiger partial charge in [-0.15, -0.1) is 11.8 Å². The Morgan fingerprint density at radius 1 is 0.857 bits per heavy atom. The normalized spacial score (nSPS) is 12.8. The van der Waals surface area contributed by atoms with Crippen LogP contribution in [0.1, 0.15) is 91.3 Å². The van der Waals surface area contributed by atoms with Crippen molar-refractivity contribution in [2.45, 2.75) is 82.9 Å². The third-order valence-corrected chi connectivity index (χ3v) is 10.4. The summed E-state index contributed by atoms with van der Waals surface area (Å²) in [5, 5.41) is 25.7. The standard InChI is InChI=1S/C42H49F3N4O6S/c1-6-49(7-2)33-14-15-35(34(25-33)36-24-31(17-20-46-36)38(52)47-26-28-10-9-13-32(23-28)42(43,44)45)48-39(53)30-12-8-11-29(22-30)27-56-41(5,54)19-21-55-40(3,4)18-16-37(50)51/h8-15,17,20,22-25,54H,6-7,16,18-19,21,26-27H2,1-5H3,(H,47,52)(H,48,53)(H,50,51). The van der Waals surface area contributed by atoms with Gasteiger partial charge < -0.3 is 30.5 Å². The molecule has 1 heterocycles. The number of aliphatic hydroxyl groups is 1. The molecule has 10 nitrogen and oxygen atoms in total. The molecule has 0 aliphatic heterocycles. The Bertz CT molecular complexity index is 1980. The molecule has 4 N–H and O–H groups in total. The van der Waals surface area contributed by atoms with Crippen LogP contribution in [0.3, 0.4) is 0 Å². The van der Waals surface area contributed by atoms with E-state index in [1.807, 2.05) is 45.9 Å². The lowest BCUT2D eigenvalue weighted by atomic mass is 10.0. The summed E-state index contributed by atoms with van der Waals surface area (Å²) in [6, 6.07) is 20.5. The number of carboxylic acid groups (broad SMARTS) is 1. The predicted octanol–water partition coefficient (Wildman–Crippen LogP) is 8.79. The molecule has 4 rings (SSSR count). The highest BCUT2D eigenvalue weighted by Gasteiger charge is 2.30. The van der Waals surface area contributed by atoms with Crippen molar-refractivity contribution in [3.05, 3.63) is 113 Å². The number of halogens is 3. The van der Waals surface area contributed by atoms with Crippen LogP contribution in [-0.4, -0.2) is 63.2 Å². The Hall–Kier alpha value is -4.92. The van der Waals surface area contributed by atoms with Gasteiger partial charge in [-0.2, -0.15) is 13.2 Å². The van der Waals surface area contributed by atoms with Crippen LogP contribution in [0, 0.1) is 0 Å². The molecule has 0 aliphatic rings. The van der Waals surface area contributed by atoms with E-state index in [0.717, 1.165) is 36.5 Å². The van der Waals surface area contributed by atoms with E-state index in [1.165, 1.54) is 36.2 Å². The van der Waals surface area contributed by atoms with Crippen molar-refractivity contribution in [2.75, 3.05) is 29.9 Å². The molecule has 0 radical (unpaired) electrons. The quantitative estimate of drug-likeness (QED) is 0.0686. The van der Waals surface area contributed by atoms with Crippen LogP contribution >= 0.6 is 11.8 Å². The van der Waals surface area contributed by atoms with Crippen molar-refractivity contribution in [1.82, 2.24) is 10.3 Å². The monoisotopic (exact) mass is 794 g/mol. The smallest absolute Gasteiger partial charge is 0.416 e. The lowest BCUT2D eigenvalue weighted by molar-refractivity contribution is -0.139. The molecule has 1 atom stereocenters. The van der Waals surface area contributed by atoms with Gasteiger partial charge in [0.15, 0.2) is 0 Å². The zero-order valence-electron chi connectivity index (χ0n) is 32.2. The second-order valence-corrected chi connectivity index (χ2v) is 15.5. The zero-order valence-corrected chi connectivity index (χ0v) is 33.0. The fraction of sp³-hybridized carbons (Fsp3) is 0.381. The van der Waals surface area contributed by atoms with Gasteiger partial charge in [-0.05, 0) is 107 Å². The molecule has 300 valence electrons. The molecule has 2 amide bonds. The van der Waals surface area contributed by atoms with E-state index >= 15 is 0 Å². The molecule has 14 heteroatoms. The Labute approximate surface area is 329 Å². The van der Waals surface area contributed by atoms with Crippen LogP contribution in [-0.2, 0) is 28.0 Å². The molecule has 0 saturated carbocycles. The lowest BCUT2D eigenvalue weighted by Gasteiger charge is -2.28. The SMILES string of the molecule is CCN(CC)c1ccc(NC(=O)c2cccc(CSC(C)(O)CCOC(C)(C)CCC(=O)O)c2)c(-c2cc(C(=O)NCc3cccc(C(F)(F)F)c3)ccn2)c1. The van der Waals surface area contributed by atoms with Crippen LogP contribution in [0.15, 0.2) is 85.1 Å². The van der Waals surface area contributed by atoms with Gasteiger partial charge in [0.05, 0.1) is 29.2 Å². The van der Waals surface area contributed by atoms with E-state index in [-0.39, 0.29) is 31.0 Å². The topological polar surface area (TPSA) is 141 Å². The number of nitrogens with zero attached hydrogens (tertiary/aromatic N) is 2. The van der Waals surface area contributed by atoms with Crippen LogP contribution < -0.4 is 15.5 Å². The maximum Gasteiger partial charge on any atom is 0.416 e. The number of anilines is 2. The number of carbonyl (C=O) groups is 3. The number of aliphatic carboxylic acids is 1. The average molecular weight is 795 g/mol. The van der Waals surface area contributed by atoms with Crippen molar-refractivity contribution >= 4 is 40.9 Å². The largest absolute Gasteiger partial charge is 0.481 e. The Morgan fingerprint density at radius 2 is 1.55 bits per heavy atom. The van der Waals surface area contributed by atoms with Gasteiger partial charge in [-0.3, -0.25) is 19.4 Å². The summed E-state index contributed by atoms with van der Waals surface area (Å²) in [7, 11) is 0. The number of pyridine rings is 1. The van der Waals surface area contributed by atoms with Crippen LogP contribution in [0.25, 0.3) is 11.3 Å². The molecule has 1 aromatic heterocycles. The first-order valence-electron chi connectivity index (χ1n) is 18.3. The molecule has 0 aliphatic carbocycles. The fourth-order valence-corrected chi connectivity index (χ4v) is 6.69. The first-order chi connectivity index (χ1) is 26.4. The third kappa shape index (κ3) is 13.1. The second-order valence-electron chi connectivity index (χ2n) is 14.1. The number of alkyl halides is 3. The Balaban J connectivity index is 1.49. The minimum Gasteiger partial charge on any atom is -0.481 e. The van der Waals surface area contributed by atoms with E-state index < -0.39 is 34.2 Å². The summed E-state index contributed by atoms with van der Waals surface area (Å²) in [6.07, 6.45) is -2.38. The predicted molar refractivity (Wildman–Crippen MR) is 214 cm³/mol. The Kier molecular flexibility index (Phi) is 15.1. The summed E-state index contributed by atoms with van der Waals surface area (Å²) in [5.41, 5.74) is 2.60. The Morgan fingerprint density at radius 3 is 2.25 bits per heavy atom. The molecule has 56 heavy (non-hydrogen) atoms. The molecule has 3 aromatic carbocycles. The number of hydrogen-bond acceptors (Lipinski definition) is 8. The van der Waals surface area contributed by atoms with Crippen LogP contribution in [0.2, 0.25) is 0 Å². The van der Waals surface area contributed by atoms with Gasteiger partial charge >= 0.3 is 12.1 Å². The van der Waals surface area contributed by atoms with Crippen LogP contribution in [0.4, 0.5) is 24.5 Å². The third-order valence-electron chi connectivity index (χ3n) is 9.12.